The molecular formula is C54H47N3O. The summed E-state index contributed by atoms with van der Waals surface area (Å²) in [5, 5.41) is 13.5. The third-order valence-electron chi connectivity index (χ3n) is 11.2. The molecule has 0 saturated carbocycles. The summed E-state index contributed by atoms with van der Waals surface area (Å²) in [6.07, 6.45) is 1.87. The fourth-order valence-electron chi connectivity index (χ4n) is 8.02. The molecule has 58 heavy (non-hydrogen) atoms. The lowest BCUT2D eigenvalue weighted by atomic mass is 9.79. The van der Waals surface area contributed by atoms with Gasteiger partial charge in [-0.3, -0.25) is 4.98 Å². The van der Waals surface area contributed by atoms with Crippen LogP contribution in [0.3, 0.4) is 0 Å². The standard InChI is InChI=1S/C54H47N3O/c1-53(2,3)40-29-38(30-41(34-40)54(4,5)6)39-31-47(56-48(32-39)46-21-11-13-24-51(46)58)36-16-14-17-37(28-36)52-43(22-15-27-55-52)35-25-26-45-44-20-10-12-23-49(44)57(50(45)33-35)42-18-8-7-9-19-42/h7-34,58H,1-6H3. The van der Waals surface area contributed by atoms with Crippen LogP contribution in [-0.4, -0.2) is 19.6 Å². The first-order valence-corrected chi connectivity index (χ1v) is 20.0. The van der Waals surface area contributed by atoms with Gasteiger partial charge in [-0.05, 0) is 99.3 Å². The minimum atomic E-state index is -0.0379. The summed E-state index contributed by atoms with van der Waals surface area (Å²) in [6.45, 7) is 13.6. The number of fused-ring (bicyclic) bond motifs is 3. The van der Waals surface area contributed by atoms with Crippen LogP contribution in [0, 0.1) is 0 Å². The average molecular weight is 754 g/mol. The molecule has 9 rings (SSSR count). The van der Waals surface area contributed by atoms with Crippen molar-refractivity contribution in [2.24, 2.45) is 0 Å². The maximum Gasteiger partial charge on any atom is 0.124 e. The Kier molecular flexibility index (Phi) is 9.09. The summed E-state index contributed by atoms with van der Waals surface area (Å²) in [6, 6.07) is 57.4. The van der Waals surface area contributed by atoms with Gasteiger partial charge < -0.3 is 9.67 Å². The van der Waals surface area contributed by atoms with Crippen LogP contribution in [-0.2, 0) is 10.8 Å². The fourth-order valence-corrected chi connectivity index (χ4v) is 8.02. The Morgan fingerprint density at radius 1 is 0.448 bits per heavy atom. The lowest BCUT2D eigenvalue weighted by Gasteiger charge is -2.26. The van der Waals surface area contributed by atoms with Crippen LogP contribution >= 0.6 is 0 Å². The summed E-state index contributed by atoms with van der Waals surface area (Å²) >= 11 is 0. The van der Waals surface area contributed by atoms with Crippen molar-refractivity contribution >= 4 is 21.8 Å². The first kappa shape index (κ1) is 36.8. The highest BCUT2D eigenvalue weighted by Gasteiger charge is 2.22. The van der Waals surface area contributed by atoms with Crippen LogP contribution in [0.4, 0.5) is 0 Å². The molecule has 284 valence electrons. The Bertz CT molecular complexity index is 2950. The molecule has 9 aromatic rings. The predicted octanol–water partition coefficient (Wildman–Crippen LogP) is 14.2. The van der Waals surface area contributed by atoms with E-state index in [4.69, 9.17) is 9.97 Å². The summed E-state index contributed by atoms with van der Waals surface area (Å²) in [4.78, 5) is 10.2. The number of pyridine rings is 2. The van der Waals surface area contributed by atoms with E-state index in [1.54, 1.807) is 6.07 Å². The summed E-state index contributed by atoms with van der Waals surface area (Å²) < 4.78 is 2.35. The van der Waals surface area contributed by atoms with Crippen LogP contribution in [0.1, 0.15) is 52.7 Å². The minimum absolute atomic E-state index is 0.0379. The van der Waals surface area contributed by atoms with E-state index in [-0.39, 0.29) is 16.6 Å². The van der Waals surface area contributed by atoms with E-state index in [1.807, 2.05) is 30.5 Å². The number of para-hydroxylation sites is 3. The monoisotopic (exact) mass is 753 g/mol. The van der Waals surface area contributed by atoms with Crippen LogP contribution in [0.2, 0.25) is 0 Å². The first-order valence-electron chi connectivity index (χ1n) is 20.0. The Morgan fingerprint density at radius 3 is 1.84 bits per heavy atom. The second kappa shape index (κ2) is 14.3. The van der Waals surface area contributed by atoms with Crippen molar-refractivity contribution in [1.82, 2.24) is 14.5 Å². The molecule has 0 spiro atoms. The van der Waals surface area contributed by atoms with E-state index < -0.39 is 0 Å². The molecule has 0 unspecified atom stereocenters. The van der Waals surface area contributed by atoms with E-state index >= 15 is 0 Å². The van der Waals surface area contributed by atoms with E-state index in [0.29, 0.717) is 5.56 Å². The number of aromatic nitrogens is 3. The third kappa shape index (κ3) is 6.85. The SMILES string of the molecule is CC(C)(C)c1cc(-c2cc(-c3cccc(-c4ncccc4-c4ccc5c6ccccc6n(-c6ccccc6)c5c4)c3)nc(-c3ccccc3O)c2)cc(C(C)(C)C)c1. The van der Waals surface area contributed by atoms with Crippen molar-refractivity contribution in [1.29, 1.82) is 0 Å². The van der Waals surface area contributed by atoms with E-state index in [9.17, 15) is 5.11 Å². The van der Waals surface area contributed by atoms with Crippen molar-refractivity contribution in [2.45, 2.75) is 52.4 Å². The molecule has 0 saturated heterocycles. The van der Waals surface area contributed by atoms with Crippen molar-refractivity contribution < 1.29 is 5.11 Å². The molecule has 4 nitrogen and oxygen atoms in total. The molecule has 0 amide bonds. The predicted molar refractivity (Wildman–Crippen MR) is 243 cm³/mol. The number of benzene rings is 6. The van der Waals surface area contributed by atoms with Gasteiger partial charge in [-0.25, -0.2) is 4.98 Å². The molecule has 0 aliphatic rings. The number of rotatable bonds is 6. The average Bonchev–Trinajstić information content (AvgIpc) is 3.57. The van der Waals surface area contributed by atoms with Crippen LogP contribution in [0.15, 0.2) is 170 Å². The van der Waals surface area contributed by atoms with Crippen LogP contribution in [0.5, 0.6) is 5.75 Å². The quantitative estimate of drug-likeness (QED) is 0.184. The van der Waals surface area contributed by atoms with Gasteiger partial charge in [0.2, 0.25) is 0 Å². The second-order valence-corrected chi connectivity index (χ2v) is 17.3. The topological polar surface area (TPSA) is 50.9 Å². The molecule has 1 N–H and O–H groups in total. The van der Waals surface area contributed by atoms with Crippen molar-refractivity contribution in [3.8, 4) is 67.5 Å². The zero-order valence-electron chi connectivity index (χ0n) is 34.0. The van der Waals surface area contributed by atoms with Gasteiger partial charge in [0.15, 0.2) is 0 Å². The summed E-state index contributed by atoms with van der Waals surface area (Å²) in [5.41, 5.74) is 15.4. The van der Waals surface area contributed by atoms with Crippen molar-refractivity contribution in [2.75, 3.05) is 0 Å². The van der Waals surface area contributed by atoms with Crippen molar-refractivity contribution in [3.05, 3.63) is 181 Å². The normalized spacial score (nSPS) is 12.0. The number of hydrogen-bond donors (Lipinski definition) is 1. The Morgan fingerprint density at radius 2 is 1.09 bits per heavy atom. The zero-order valence-corrected chi connectivity index (χ0v) is 34.0. The van der Waals surface area contributed by atoms with E-state index in [1.165, 1.54) is 27.4 Å². The van der Waals surface area contributed by atoms with Gasteiger partial charge in [0.25, 0.3) is 0 Å². The molecule has 0 radical (unpaired) electrons. The van der Waals surface area contributed by atoms with E-state index in [0.717, 1.165) is 61.7 Å². The van der Waals surface area contributed by atoms with Gasteiger partial charge in [0.05, 0.1) is 28.1 Å². The lowest BCUT2D eigenvalue weighted by molar-refractivity contribution is 0.477. The number of phenols is 1. The third-order valence-corrected chi connectivity index (χ3v) is 11.2. The van der Waals surface area contributed by atoms with E-state index in [2.05, 4.69) is 180 Å². The maximum absolute atomic E-state index is 11.1. The first-order chi connectivity index (χ1) is 27.9. The van der Waals surface area contributed by atoms with Crippen LogP contribution in [0.25, 0.3) is 83.5 Å². The molecule has 0 aliphatic carbocycles. The Hall–Kier alpha value is -6.78. The van der Waals surface area contributed by atoms with Gasteiger partial charge in [-0.15, -0.1) is 0 Å². The number of phenolic OH excluding ortho intramolecular Hbond substituents is 1. The minimum Gasteiger partial charge on any atom is -0.507 e. The number of aromatic hydroxyl groups is 1. The molecular weight excluding hydrogens is 707 g/mol. The molecule has 3 aromatic heterocycles. The molecule has 0 aliphatic heterocycles. The lowest BCUT2D eigenvalue weighted by Crippen LogP contribution is -2.16. The molecule has 4 heteroatoms. The highest BCUT2D eigenvalue weighted by molar-refractivity contribution is 6.10. The van der Waals surface area contributed by atoms with Gasteiger partial charge >= 0.3 is 0 Å². The van der Waals surface area contributed by atoms with Gasteiger partial charge in [-0.2, -0.15) is 0 Å². The highest BCUT2D eigenvalue weighted by atomic mass is 16.3. The molecule has 0 fully saturated rings. The maximum atomic E-state index is 11.1. The molecule has 3 heterocycles. The molecule has 0 bridgehead atoms. The Labute approximate surface area is 341 Å². The highest BCUT2D eigenvalue weighted by Crippen LogP contribution is 2.40. The largest absolute Gasteiger partial charge is 0.507 e. The van der Waals surface area contributed by atoms with Gasteiger partial charge in [0, 0.05) is 44.9 Å². The summed E-state index contributed by atoms with van der Waals surface area (Å²) in [5.74, 6) is 0.201. The van der Waals surface area contributed by atoms with Crippen LogP contribution < -0.4 is 0 Å². The molecule has 0 atom stereocenters. The number of nitrogens with zero attached hydrogens (tertiary/aromatic N) is 3. The second-order valence-electron chi connectivity index (χ2n) is 17.3. The van der Waals surface area contributed by atoms with Gasteiger partial charge in [-0.1, -0.05) is 145 Å². The van der Waals surface area contributed by atoms with Gasteiger partial charge in [0.1, 0.15) is 5.75 Å². The Balaban J connectivity index is 1.20. The van der Waals surface area contributed by atoms with Crippen molar-refractivity contribution in [3.63, 3.8) is 0 Å². The zero-order chi connectivity index (χ0) is 40.2. The fraction of sp³-hybridized carbons (Fsp3) is 0.148. The number of hydrogen-bond acceptors (Lipinski definition) is 3. The smallest absolute Gasteiger partial charge is 0.124 e. The molecule has 6 aromatic carbocycles. The summed E-state index contributed by atoms with van der Waals surface area (Å²) in [7, 11) is 0.